The molecule has 2 N–H and O–H groups in total. The van der Waals surface area contributed by atoms with E-state index in [1.165, 1.54) is 0 Å². The van der Waals surface area contributed by atoms with Crippen molar-refractivity contribution in [3.8, 4) is 0 Å². The van der Waals surface area contributed by atoms with Crippen molar-refractivity contribution < 1.29 is 9.90 Å². The van der Waals surface area contributed by atoms with Gasteiger partial charge in [-0.05, 0) is 23.3 Å². The lowest BCUT2D eigenvalue weighted by atomic mass is 10.1. The molecule has 1 aliphatic carbocycles. The fourth-order valence-corrected chi connectivity index (χ4v) is 3.93. The predicted molar refractivity (Wildman–Crippen MR) is 93.8 cm³/mol. The van der Waals surface area contributed by atoms with E-state index in [-0.39, 0.29) is 11.9 Å². The Kier molecular flexibility index (Phi) is 4.74. The first-order chi connectivity index (χ1) is 11.1. The smallest absolute Gasteiger partial charge is 0.252 e. The molecule has 0 unspecified atom stereocenters. The monoisotopic (exact) mass is 327 g/mol. The number of amides is 1. The van der Waals surface area contributed by atoms with Gasteiger partial charge in [-0.25, -0.2) is 0 Å². The quantitative estimate of drug-likeness (QED) is 0.844. The molecule has 3 nitrogen and oxygen atoms in total. The van der Waals surface area contributed by atoms with Gasteiger partial charge >= 0.3 is 0 Å². The van der Waals surface area contributed by atoms with Gasteiger partial charge in [0.25, 0.3) is 5.91 Å². The second kappa shape index (κ2) is 6.77. The molecule has 23 heavy (non-hydrogen) atoms. The molecule has 1 aliphatic rings. The van der Waals surface area contributed by atoms with Crippen molar-refractivity contribution in [1.82, 2.24) is 5.32 Å². The molecule has 4 heteroatoms. The summed E-state index contributed by atoms with van der Waals surface area (Å²) < 4.78 is 0. The summed E-state index contributed by atoms with van der Waals surface area (Å²) in [6.45, 7) is 4.21. The number of nitrogens with one attached hydrogen (secondary N) is 1. The van der Waals surface area contributed by atoms with Crippen molar-refractivity contribution in [2.45, 2.75) is 42.6 Å². The molecule has 3 rings (SSSR count). The third-order valence-corrected chi connectivity index (χ3v) is 5.07. The number of aliphatic hydroxyl groups excluding tert-OH is 1. The number of carbonyl (C=O) groups excluding carboxylic acids is 1. The summed E-state index contributed by atoms with van der Waals surface area (Å²) in [5.74, 6) is -0.130. The van der Waals surface area contributed by atoms with Crippen LogP contribution in [0.25, 0.3) is 0 Å². The van der Waals surface area contributed by atoms with Gasteiger partial charge in [-0.3, -0.25) is 4.79 Å². The second-order valence-corrected chi connectivity index (χ2v) is 7.70. The van der Waals surface area contributed by atoms with Crippen LogP contribution >= 0.6 is 11.8 Å². The van der Waals surface area contributed by atoms with Crippen molar-refractivity contribution in [1.29, 1.82) is 0 Å². The Balaban J connectivity index is 1.83. The average Bonchev–Trinajstić information content (AvgIpc) is 2.83. The highest BCUT2D eigenvalue weighted by Crippen LogP contribution is 2.32. The Morgan fingerprint density at radius 1 is 1.17 bits per heavy atom. The molecular formula is C19H21NO2S. The largest absolute Gasteiger partial charge is 0.390 e. The first kappa shape index (κ1) is 16.1. The van der Waals surface area contributed by atoms with Gasteiger partial charge in [0.05, 0.1) is 17.7 Å². The first-order valence-electron chi connectivity index (χ1n) is 7.88. The Morgan fingerprint density at radius 3 is 2.65 bits per heavy atom. The third-order valence-electron chi connectivity index (χ3n) is 3.98. The zero-order valence-corrected chi connectivity index (χ0v) is 14.1. The highest BCUT2D eigenvalue weighted by atomic mass is 32.2. The minimum atomic E-state index is -0.568. The summed E-state index contributed by atoms with van der Waals surface area (Å²) >= 11 is 1.67. The van der Waals surface area contributed by atoms with E-state index in [1.807, 2.05) is 48.5 Å². The number of hydrogen-bond donors (Lipinski definition) is 2. The third kappa shape index (κ3) is 3.43. The van der Waals surface area contributed by atoms with Gasteiger partial charge in [0, 0.05) is 16.6 Å². The van der Waals surface area contributed by atoms with E-state index >= 15 is 0 Å². The maximum absolute atomic E-state index is 12.7. The van der Waals surface area contributed by atoms with Crippen LogP contribution in [0.3, 0.4) is 0 Å². The molecule has 0 saturated carbocycles. The van der Waals surface area contributed by atoms with Crippen molar-refractivity contribution in [2.75, 3.05) is 0 Å². The van der Waals surface area contributed by atoms with E-state index in [9.17, 15) is 9.90 Å². The topological polar surface area (TPSA) is 49.3 Å². The second-order valence-electron chi connectivity index (χ2n) is 6.08. The van der Waals surface area contributed by atoms with Crippen LogP contribution in [0, 0.1) is 0 Å². The van der Waals surface area contributed by atoms with Gasteiger partial charge in [0.15, 0.2) is 0 Å². The van der Waals surface area contributed by atoms with E-state index in [0.29, 0.717) is 17.2 Å². The van der Waals surface area contributed by atoms with E-state index in [0.717, 1.165) is 16.0 Å². The number of hydrogen-bond acceptors (Lipinski definition) is 3. The lowest BCUT2D eigenvalue weighted by Gasteiger charge is -2.19. The van der Waals surface area contributed by atoms with E-state index in [1.54, 1.807) is 11.8 Å². The molecule has 2 atom stereocenters. The fourth-order valence-electron chi connectivity index (χ4n) is 2.98. The molecule has 0 aromatic heterocycles. The lowest BCUT2D eigenvalue weighted by Crippen LogP contribution is -2.34. The fraction of sp³-hybridized carbons (Fsp3) is 0.316. The first-order valence-corrected chi connectivity index (χ1v) is 8.76. The highest BCUT2D eigenvalue weighted by Gasteiger charge is 2.32. The van der Waals surface area contributed by atoms with Crippen LogP contribution in [0.2, 0.25) is 0 Å². The maximum atomic E-state index is 12.7. The number of fused-ring (bicyclic) bond motifs is 1. The van der Waals surface area contributed by atoms with Gasteiger partial charge < -0.3 is 10.4 Å². The van der Waals surface area contributed by atoms with Crippen LogP contribution in [-0.4, -0.2) is 22.4 Å². The Hall–Kier alpha value is -1.78. The zero-order valence-electron chi connectivity index (χ0n) is 13.3. The van der Waals surface area contributed by atoms with Gasteiger partial charge in [-0.15, -0.1) is 11.8 Å². The zero-order chi connectivity index (χ0) is 16.4. The van der Waals surface area contributed by atoms with Crippen molar-refractivity contribution in [3.63, 3.8) is 0 Å². The maximum Gasteiger partial charge on any atom is 0.252 e. The predicted octanol–water partition coefficient (Wildman–Crippen LogP) is 3.58. The molecule has 1 amide bonds. The molecule has 2 aromatic rings. The van der Waals surface area contributed by atoms with Crippen LogP contribution in [0.4, 0.5) is 0 Å². The summed E-state index contributed by atoms with van der Waals surface area (Å²) in [5, 5.41) is 13.7. The van der Waals surface area contributed by atoms with Crippen LogP contribution < -0.4 is 5.32 Å². The van der Waals surface area contributed by atoms with Crippen molar-refractivity contribution in [2.24, 2.45) is 0 Å². The molecule has 0 bridgehead atoms. The molecule has 2 aromatic carbocycles. The van der Waals surface area contributed by atoms with Crippen molar-refractivity contribution in [3.05, 3.63) is 65.2 Å². The number of rotatable bonds is 4. The summed E-state index contributed by atoms with van der Waals surface area (Å²) in [5.41, 5.74) is 2.79. The molecular weight excluding hydrogens is 306 g/mol. The average molecular weight is 327 g/mol. The molecule has 0 fully saturated rings. The summed E-state index contributed by atoms with van der Waals surface area (Å²) in [7, 11) is 0. The van der Waals surface area contributed by atoms with Gasteiger partial charge in [-0.1, -0.05) is 50.2 Å². The number of carbonyl (C=O) groups is 1. The van der Waals surface area contributed by atoms with Crippen LogP contribution in [0.5, 0.6) is 0 Å². The van der Waals surface area contributed by atoms with E-state index < -0.39 is 6.10 Å². The van der Waals surface area contributed by atoms with Gasteiger partial charge in [-0.2, -0.15) is 0 Å². The molecule has 0 saturated heterocycles. The number of aliphatic hydroxyl groups is 1. The lowest BCUT2D eigenvalue weighted by molar-refractivity contribution is 0.0855. The normalized spacial score (nSPS) is 19.7. The van der Waals surface area contributed by atoms with Crippen LogP contribution in [-0.2, 0) is 6.42 Å². The number of thioether (sulfide) groups is 1. The van der Waals surface area contributed by atoms with Crippen LogP contribution in [0.1, 0.15) is 41.4 Å². The minimum Gasteiger partial charge on any atom is -0.390 e. The van der Waals surface area contributed by atoms with Gasteiger partial charge in [0.2, 0.25) is 0 Å². The summed E-state index contributed by atoms with van der Waals surface area (Å²) in [6, 6.07) is 15.2. The molecule has 120 valence electrons. The van der Waals surface area contributed by atoms with Gasteiger partial charge in [0.1, 0.15) is 0 Å². The molecule has 0 spiro atoms. The standard InChI is InChI=1S/C19H21NO2S/c1-12(2)23-17-10-6-5-9-15(17)19(22)20-18-14-8-4-3-7-13(14)11-16(18)21/h3-10,12,16,18,21H,11H2,1-2H3,(H,20,22)/t16-,18+/m1/s1. The Morgan fingerprint density at radius 2 is 1.87 bits per heavy atom. The summed E-state index contributed by atoms with van der Waals surface area (Å²) in [6.07, 6.45) is 0.0185. The molecule has 0 radical (unpaired) electrons. The van der Waals surface area contributed by atoms with E-state index in [2.05, 4.69) is 19.2 Å². The van der Waals surface area contributed by atoms with Crippen LogP contribution in [0.15, 0.2) is 53.4 Å². The van der Waals surface area contributed by atoms with Crippen molar-refractivity contribution >= 4 is 17.7 Å². The van der Waals surface area contributed by atoms with E-state index in [4.69, 9.17) is 0 Å². The number of benzene rings is 2. The Labute approximate surface area is 141 Å². The Bertz CT molecular complexity index is 714. The minimum absolute atomic E-state index is 0.130. The highest BCUT2D eigenvalue weighted by molar-refractivity contribution is 8.00. The summed E-state index contributed by atoms with van der Waals surface area (Å²) in [4.78, 5) is 13.7. The SMILES string of the molecule is CC(C)Sc1ccccc1C(=O)N[C@H]1c2ccccc2C[C@H]1O. The molecule has 0 aliphatic heterocycles. The molecule has 0 heterocycles.